The second-order valence-corrected chi connectivity index (χ2v) is 6.87. The van der Waals surface area contributed by atoms with Gasteiger partial charge >= 0.3 is 0 Å². The Morgan fingerprint density at radius 1 is 1.29 bits per heavy atom. The van der Waals surface area contributed by atoms with E-state index < -0.39 is 0 Å². The molecule has 1 saturated heterocycles. The molecule has 0 saturated carbocycles. The number of rotatable bonds is 9. The maximum absolute atomic E-state index is 5.45. The summed E-state index contributed by atoms with van der Waals surface area (Å²) in [6.07, 6.45) is 6.78. The third-order valence-corrected chi connectivity index (χ3v) is 4.52. The van der Waals surface area contributed by atoms with Gasteiger partial charge < -0.3 is 15.0 Å². The zero-order valence-corrected chi connectivity index (χ0v) is 18.3. The van der Waals surface area contributed by atoms with Crippen molar-refractivity contribution in [1.29, 1.82) is 0 Å². The molecule has 0 atom stereocenters. The van der Waals surface area contributed by atoms with Crippen LogP contribution >= 0.6 is 24.0 Å². The molecule has 0 aromatic carbocycles. The van der Waals surface area contributed by atoms with E-state index in [9.17, 15) is 0 Å². The van der Waals surface area contributed by atoms with Crippen molar-refractivity contribution in [2.24, 2.45) is 4.99 Å². The summed E-state index contributed by atoms with van der Waals surface area (Å²) in [4.78, 5) is 9.14. The molecule has 0 spiro atoms. The molecule has 1 aliphatic heterocycles. The molecule has 1 fully saturated rings. The number of ether oxygens (including phenoxy) is 1. The van der Waals surface area contributed by atoms with E-state index in [1.165, 1.54) is 19.3 Å². The molecule has 0 radical (unpaired) electrons. The van der Waals surface area contributed by atoms with Crippen LogP contribution < -0.4 is 5.32 Å². The van der Waals surface area contributed by atoms with Crippen molar-refractivity contribution in [3.05, 3.63) is 12.7 Å². The predicted molar refractivity (Wildman–Crippen MR) is 115 cm³/mol. The second kappa shape index (κ2) is 12.9. The number of aliphatic imine (C=N–C) groups is 1. The minimum Gasteiger partial charge on any atom is -0.379 e. The van der Waals surface area contributed by atoms with Gasteiger partial charge in [0, 0.05) is 45.8 Å². The first kappa shape index (κ1) is 23.7. The van der Waals surface area contributed by atoms with Gasteiger partial charge in [0.2, 0.25) is 0 Å². The topological polar surface area (TPSA) is 40.1 Å². The number of unbranched alkanes of at least 4 members (excludes halogenated alkanes) is 3. The van der Waals surface area contributed by atoms with E-state index >= 15 is 0 Å². The Bertz CT molecular complexity index is 368. The van der Waals surface area contributed by atoms with Gasteiger partial charge in [0.15, 0.2) is 5.96 Å². The molecule has 0 aromatic rings. The Labute approximate surface area is 165 Å². The Balaban J connectivity index is 0.00000529. The smallest absolute Gasteiger partial charge is 0.193 e. The van der Waals surface area contributed by atoms with Crippen molar-refractivity contribution < 1.29 is 4.74 Å². The van der Waals surface area contributed by atoms with Crippen LogP contribution in [0.3, 0.4) is 0 Å². The number of morpholine rings is 1. The molecule has 0 unspecified atom stereocenters. The van der Waals surface area contributed by atoms with Gasteiger partial charge in [-0.15, -0.1) is 30.6 Å². The quantitative estimate of drug-likeness (QED) is 0.192. The van der Waals surface area contributed by atoms with Gasteiger partial charge in [0.1, 0.15) is 0 Å². The summed E-state index contributed by atoms with van der Waals surface area (Å²) in [5.41, 5.74) is 0.102. The fraction of sp³-hybridized carbons (Fsp3) is 0.833. The van der Waals surface area contributed by atoms with Crippen LogP contribution in [0.1, 0.15) is 39.5 Å². The third kappa shape index (κ3) is 8.67. The van der Waals surface area contributed by atoms with Crippen molar-refractivity contribution in [2.45, 2.75) is 45.1 Å². The fourth-order valence-corrected chi connectivity index (χ4v) is 2.88. The van der Waals surface area contributed by atoms with Gasteiger partial charge in [-0.1, -0.05) is 12.5 Å². The Morgan fingerprint density at radius 3 is 2.54 bits per heavy atom. The molecular formula is C18H37IN4O. The van der Waals surface area contributed by atoms with Crippen LogP contribution in [0.2, 0.25) is 0 Å². The van der Waals surface area contributed by atoms with E-state index in [0.717, 1.165) is 51.8 Å². The number of nitrogens with zero attached hydrogens (tertiary/aromatic N) is 3. The summed E-state index contributed by atoms with van der Waals surface area (Å²) in [6.45, 7) is 14.0. The standard InChI is InChI=1S/C18H36N4O.HI/c1-6-7-8-9-10-11-21(5)17(19-4)20-16-18(2,3)22-12-14-23-15-13-22;/h6H,1,7-16H2,2-5H3,(H,19,20);1H. The molecule has 6 heteroatoms. The Kier molecular flexibility index (Phi) is 12.8. The maximum atomic E-state index is 5.45. The third-order valence-electron chi connectivity index (χ3n) is 4.52. The summed E-state index contributed by atoms with van der Waals surface area (Å²) >= 11 is 0. The lowest BCUT2D eigenvalue weighted by atomic mass is 10.0. The first-order chi connectivity index (χ1) is 11.0. The van der Waals surface area contributed by atoms with Gasteiger partial charge in [-0.05, 0) is 33.1 Å². The summed E-state index contributed by atoms with van der Waals surface area (Å²) in [5.74, 6) is 0.982. The minimum absolute atomic E-state index is 0. The lowest BCUT2D eigenvalue weighted by Crippen LogP contribution is -2.56. The van der Waals surface area contributed by atoms with Crippen molar-refractivity contribution in [2.75, 3.05) is 53.5 Å². The number of allylic oxidation sites excluding steroid dienone is 1. The molecule has 0 aromatic heterocycles. The normalized spacial score (nSPS) is 16.4. The van der Waals surface area contributed by atoms with Crippen LogP contribution in [0.25, 0.3) is 0 Å². The summed E-state index contributed by atoms with van der Waals surface area (Å²) in [5, 5.41) is 3.54. The largest absolute Gasteiger partial charge is 0.379 e. The van der Waals surface area contributed by atoms with E-state index in [1.54, 1.807) is 0 Å². The van der Waals surface area contributed by atoms with E-state index in [0.29, 0.717) is 0 Å². The summed E-state index contributed by atoms with van der Waals surface area (Å²) in [7, 11) is 3.98. The van der Waals surface area contributed by atoms with Crippen molar-refractivity contribution in [3.8, 4) is 0 Å². The SMILES string of the molecule is C=CCCCCCN(C)C(=NC)NCC(C)(C)N1CCOCC1.I. The number of nitrogens with one attached hydrogen (secondary N) is 1. The first-order valence-corrected chi connectivity index (χ1v) is 8.86. The van der Waals surface area contributed by atoms with Crippen LogP contribution in [-0.2, 0) is 4.74 Å². The molecule has 5 nitrogen and oxygen atoms in total. The van der Waals surface area contributed by atoms with Crippen LogP contribution in [0.15, 0.2) is 17.6 Å². The average Bonchev–Trinajstić information content (AvgIpc) is 2.56. The predicted octanol–water partition coefficient (Wildman–Crippen LogP) is 2.97. The highest BCUT2D eigenvalue weighted by Gasteiger charge is 2.28. The molecule has 1 aliphatic rings. The van der Waals surface area contributed by atoms with Gasteiger partial charge in [0.05, 0.1) is 13.2 Å². The zero-order valence-electron chi connectivity index (χ0n) is 16.0. The van der Waals surface area contributed by atoms with E-state index in [1.807, 2.05) is 13.1 Å². The highest BCUT2D eigenvalue weighted by Crippen LogP contribution is 2.15. The van der Waals surface area contributed by atoms with Gasteiger partial charge in [-0.2, -0.15) is 0 Å². The molecule has 1 heterocycles. The molecular weight excluding hydrogens is 415 g/mol. The van der Waals surface area contributed by atoms with Crippen LogP contribution in [0.4, 0.5) is 0 Å². The molecule has 1 rings (SSSR count). The zero-order chi connectivity index (χ0) is 17.1. The van der Waals surface area contributed by atoms with Crippen LogP contribution in [0, 0.1) is 0 Å². The highest BCUT2D eigenvalue weighted by molar-refractivity contribution is 14.0. The van der Waals surface area contributed by atoms with E-state index in [4.69, 9.17) is 4.74 Å². The molecule has 0 amide bonds. The Morgan fingerprint density at radius 2 is 1.96 bits per heavy atom. The van der Waals surface area contributed by atoms with Gasteiger partial charge in [0.25, 0.3) is 0 Å². The van der Waals surface area contributed by atoms with Crippen LogP contribution in [0.5, 0.6) is 0 Å². The molecule has 0 aliphatic carbocycles. The maximum Gasteiger partial charge on any atom is 0.193 e. The average molecular weight is 452 g/mol. The summed E-state index contributed by atoms with van der Waals surface area (Å²) in [6, 6.07) is 0. The molecule has 1 N–H and O–H groups in total. The molecule has 24 heavy (non-hydrogen) atoms. The number of guanidine groups is 1. The van der Waals surface area contributed by atoms with Crippen molar-refractivity contribution >= 4 is 29.9 Å². The molecule has 0 bridgehead atoms. The van der Waals surface area contributed by atoms with E-state index in [-0.39, 0.29) is 29.5 Å². The van der Waals surface area contributed by atoms with Crippen molar-refractivity contribution in [3.63, 3.8) is 0 Å². The van der Waals surface area contributed by atoms with Crippen LogP contribution in [-0.4, -0.2) is 74.8 Å². The molecule has 142 valence electrons. The second-order valence-electron chi connectivity index (χ2n) is 6.87. The monoisotopic (exact) mass is 452 g/mol. The highest BCUT2D eigenvalue weighted by atomic mass is 127. The van der Waals surface area contributed by atoms with Gasteiger partial charge in [-0.25, -0.2) is 0 Å². The minimum atomic E-state index is 0. The van der Waals surface area contributed by atoms with Gasteiger partial charge in [-0.3, -0.25) is 9.89 Å². The summed E-state index contributed by atoms with van der Waals surface area (Å²) < 4.78 is 5.45. The number of halogens is 1. The Hall–Kier alpha value is -0.340. The lowest BCUT2D eigenvalue weighted by molar-refractivity contribution is -0.00846. The number of hydrogen-bond acceptors (Lipinski definition) is 3. The van der Waals surface area contributed by atoms with E-state index in [2.05, 4.69) is 47.6 Å². The first-order valence-electron chi connectivity index (χ1n) is 8.86. The lowest BCUT2D eigenvalue weighted by Gasteiger charge is -2.41. The van der Waals surface area contributed by atoms with Crippen molar-refractivity contribution in [1.82, 2.24) is 15.1 Å². The number of hydrogen-bond donors (Lipinski definition) is 1. The fourth-order valence-electron chi connectivity index (χ4n) is 2.88.